The van der Waals surface area contributed by atoms with Gasteiger partial charge >= 0.3 is 5.97 Å². The van der Waals surface area contributed by atoms with Crippen molar-refractivity contribution in [2.24, 2.45) is 0 Å². The molecule has 0 saturated heterocycles. The van der Waals surface area contributed by atoms with E-state index >= 15 is 0 Å². The third-order valence-corrected chi connectivity index (χ3v) is 10.1. The summed E-state index contributed by atoms with van der Waals surface area (Å²) in [5.74, 6) is -0.418. The number of hydrogen-bond donors (Lipinski definition) is 1. The first-order valence-corrected chi connectivity index (χ1v) is 14.4. The average Bonchev–Trinajstić information content (AvgIpc) is 3.12. The van der Waals surface area contributed by atoms with Crippen LogP contribution in [0.15, 0.2) is 45.5 Å². The van der Waals surface area contributed by atoms with Crippen LogP contribution in [0, 0.1) is 13.8 Å². The Morgan fingerprint density at radius 2 is 2.00 bits per heavy atom. The minimum atomic E-state index is -1.25. The predicted molar refractivity (Wildman–Crippen MR) is 144 cm³/mol. The number of hydrogen-bond acceptors (Lipinski definition) is 5. The summed E-state index contributed by atoms with van der Waals surface area (Å²) in [6.07, 6.45) is 1.84. The van der Waals surface area contributed by atoms with Gasteiger partial charge in [0.05, 0.1) is 0 Å². The summed E-state index contributed by atoms with van der Waals surface area (Å²) >= 11 is 9.52. The number of carboxylic acids is 1. The van der Waals surface area contributed by atoms with Crippen molar-refractivity contribution in [3.05, 3.63) is 52.5 Å². The first-order chi connectivity index (χ1) is 16.2. The quantitative estimate of drug-likeness (QED) is 0.252. The van der Waals surface area contributed by atoms with E-state index in [1.54, 1.807) is 23.1 Å². The minimum Gasteiger partial charge on any atom is -0.482 e. The molecule has 2 unspecified atom stereocenters. The van der Waals surface area contributed by atoms with Crippen LogP contribution in [0.4, 0.5) is 0 Å². The van der Waals surface area contributed by atoms with Gasteiger partial charge in [-0.15, -0.1) is 23.1 Å². The predicted octanol–water partition coefficient (Wildman–Crippen LogP) is 6.94. The molecule has 0 amide bonds. The van der Waals surface area contributed by atoms with E-state index in [9.17, 15) is 9.00 Å². The Balaban J connectivity index is 1.76. The topological polar surface area (TPSA) is 66.8 Å². The zero-order chi connectivity index (χ0) is 24.8. The smallest absolute Gasteiger partial charge is 0.341 e. The fraction of sp³-hybridized carbons (Fsp3) is 0.400. The van der Waals surface area contributed by atoms with Gasteiger partial charge in [0.25, 0.3) is 0 Å². The Morgan fingerprint density at radius 1 is 1.24 bits per heavy atom. The molecular weight excluding hydrogens is 510 g/mol. The molecule has 3 aromatic rings. The maximum Gasteiger partial charge on any atom is 0.341 e. The standard InChI is InChI=1S/C25H30ClNO4S3/c1-5-11-27(34(30)25-17(4)21-13-18(26)7-10-23(21)33-25)14-19(6-2)32-20-8-9-22(16(3)12-20)31-15-24(28)29/h7-10,12-13,19H,5-6,11,14-15H2,1-4H3,(H,28,29). The zero-order valence-electron chi connectivity index (χ0n) is 19.8. The van der Waals surface area contributed by atoms with Crippen molar-refractivity contribution < 1.29 is 18.8 Å². The Hall–Kier alpha value is -1.58. The fourth-order valence-electron chi connectivity index (χ4n) is 3.61. The number of carbonyl (C=O) groups is 1. The molecule has 1 N–H and O–H groups in total. The summed E-state index contributed by atoms with van der Waals surface area (Å²) in [5.41, 5.74) is 1.94. The van der Waals surface area contributed by atoms with E-state index in [0.717, 1.165) is 49.7 Å². The van der Waals surface area contributed by atoms with Crippen molar-refractivity contribution >= 4 is 61.7 Å². The molecule has 0 aliphatic rings. The fourth-order valence-corrected chi connectivity index (χ4v) is 8.14. The number of aliphatic carboxylic acids is 1. The largest absolute Gasteiger partial charge is 0.482 e. The van der Waals surface area contributed by atoms with Crippen molar-refractivity contribution in [3.8, 4) is 5.75 Å². The number of thioether (sulfide) groups is 1. The highest BCUT2D eigenvalue weighted by atomic mass is 35.5. The molecule has 0 aliphatic carbocycles. The normalized spacial score (nSPS) is 13.4. The Kier molecular flexibility index (Phi) is 9.85. The lowest BCUT2D eigenvalue weighted by Gasteiger charge is -2.25. The summed E-state index contributed by atoms with van der Waals surface area (Å²) < 4.78 is 23.1. The maximum atomic E-state index is 13.7. The summed E-state index contributed by atoms with van der Waals surface area (Å²) in [4.78, 5) is 11.9. The third kappa shape index (κ3) is 6.76. The van der Waals surface area contributed by atoms with Crippen LogP contribution in [-0.4, -0.2) is 44.5 Å². The number of halogens is 1. The molecule has 1 heterocycles. The van der Waals surface area contributed by atoms with E-state index in [0.29, 0.717) is 17.3 Å². The Labute approximate surface area is 217 Å². The van der Waals surface area contributed by atoms with Gasteiger partial charge in [0, 0.05) is 33.0 Å². The van der Waals surface area contributed by atoms with E-state index in [2.05, 4.69) is 18.2 Å². The molecule has 5 nitrogen and oxygen atoms in total. The number of ether oxygens (including phenoxy) is 1. The first kappa shape index (κ1) is 27.0. The second-order valence-electron chi connectivity index (χ2n) is 8.05. The lowest BCUT2D eigenvalue weighted by molar-refractivity contribution is -0.139. The van der Waals surface area contributed by atoms with Crippen LogP contribution in [0.3, 0.4) is 0 Å². The van der Waals surface area contributed by atoms with Crippen molar-refractivity contribution in [1.29, 1.82) is 0 Å². The van der Waals surface area contributed by atoms with Gasteiger partial charge in [-0.2, -0.15) is 0 Å². The highest BCUT2D eigenvalue weighted by Crippen LogP contribution is 2.36. The van der Waals surface area contributed by atoms with Gasteiger partial charge in [-0.25, -0.2) is 13.3 Å². The molecule has 0 spiro atoms. The van der Waals surface area contributed by atoms with Gasteiger partial charge in [-0.1, -0.05) is 25.4 Å². The lowest BCUT2D eigenvalue weighted by atomic mass is 10.2. The number of aryl methyl sites for hydroxylation is 2. The van der Waals surface area contributed by atoms with Gasteiger partial charge in [-0.3, -0.25) is 0 Å². The van der Waals surface area contributed by atoms with Crippen molar-refractivity contribution in [1.82, 2.24) is 4.31 Å². The van der Waals surface area contributed by atoms with Gasteiger partial charge in [0.2, 0.25) is 0 Å². The molecule has 1 aromatic heterocycles. The molecule has 34 heavy (non-hydrogen) atoms. The number of carboxylic acid groups (broad SMARTS) is 1. The molecule has 2 aromatic carbocycles. The lowest BCUT2D eigenvalue weighted by Crippen LogP contribution is -2.33. The molecule has 9 heteroatoms. The van der Waals surface area contributed by atoms with E-state index in [4.69, 9.17) is 21.4 Å². The van der Waals surface area contributed by atoms with Crippen LogP contribution in [0.2, 0.25) is 5.02 Å². The summed E-state index contributed by atoms with van der Waals surface area (Å²) in [7, 11) is -1.25. The highest BCUT2D eigenvalue weighted by molar-refractivity contribution is 8.00. The summed E-state index contributed by atoms with van der Waals surface area (Å²) in [5, 5.41) is 10.8. The van der Waals surface area contributed by atoms with E-state index < -0.39 is 17.0 Å². The number of benzene rings is 2. The van der Waals surface area contributed by atoms with Gasteiger partial charge in [0.15, 0.2) is 6.61 Å². The van der Waals surface area contributed by atoms with Gasteiger partial charge in [0.1, 0.15) is 20.9 Å². The molecule has 0 aliphatic heterocycles. The molecule has 0 saturated carbocycles. The highest BCUT2D eigenvalue weighted by Gasteiger charge is 2.23. The number of fused-ring (bicyclic) bond motifs is 1. The summed E-state index contributed by atoms with van der Waals surface area (Å²) in [6.45, 7) is 9.29. The molecule has 3 rings (SSSR count). The summed E-state index contributed by atoms with van der Waals surface area (Å²) in [6, 6.07) is 11.6. The van der Waals surface area contributed by atoms with Crippen LogP contribution in [-0.2, 0) is 15.8 Å². The Bertz CT molecular complexity index is 1180. The second-order valence-corrected chi connectivity index (χ2v) is 12.6. The van der Waals surface area contributed by atoms with Crippen molar-refractivity contribution in [2.75, 3.05) is 19.7 Å². The van der Waals surface area contributed by atoms with Gasteiger partial charge < -0.3 is 9.84 Å². The molecule has 184 valence electrons. The zero-order valence-corrected chi connectivity index (χ0v) is 23.0. The first-order valence-electron chi connectivity index (χ1n) is 11.2. The van der Waals surface area contributed by atoms with E-state index in [1.807, 2.05) is 50.2 Å². The second kappa shape index (κ2) is 12.4. The van der Waals surface area contributed by atoms with E-state index in [-0.39, 0.29) is 11.9 Å². The van der Waals surface area contributed by atoms with Crippen LogP contribution >= 0.6 is 34.7 Å². The van der Waals surface area contributed by atoms with Crippen LogP contribution in [0.5, 0.6) is 5.75 Å². The number of thiophene rings is 1. The van der Waals surface area contributed by atoms with Gasteiger partial charge in [-0.05, 0) is 79.6 Å². The molecule has 2 atom stereocenters. The number of rotatable bonds is 12. The average molecular weight is 540 g/mol. The number of nitrogens with zero attached hydrogens (tertiary/aromatic N) is 1. The molecular formula is C25H30ClNO4S3. The Morgan fingerprint density at radius 3 is 2.65 bits per heavy atom. The van der Waals surface area contributed by atoms with Crippen LogP contribution in [0.25, 0.3) is 10.1 Å². The van der Waals surface area contributed by atoms with Crippen molar-refractivity contribution in [3.63, 3.8) is 0 Å². The monoisotopic (exact) mass is 539 g/mol. The minimum absolute atomic E-state index is 0.254. The van der Waals surface area contributed by atoms with Crippen molar-refractivity contribution in [2.45, 2.75) is 54.9 Å². The third-order valence-electron chi connectivity index (χ3n) is 5.38. The molecule has 0 fully saturated rings. The maximum absolute atomic E-state index is 13.7. The van der Waals surface area contributed by atoms with E-state index in [1.165, 1.54) is 0 Å². The van der Waals surface area contributed by atoms with Crippen LogP contribution in [0.1, 0.15) is 37.8 Å². The molecule has 0 bridgehead atoms. The van der Waals surface area contributed by atoms with Crippen LogP contribution < -0.4 is 4.74 Å². The SMILES string of the molecule is CCCN(CC(CC)Sc1ccc(OCC(=O)O)c(C)c1)S(=O)c1sc2ccc(Cl)cc2c1C. The molecule has 0 radical (unpaired) electrons.